The number of hydrogen-bond donors (Lipinski definition) is 1. The second-order valence-electron chi connectivity index (χ2n) is 4.62. The van der Waals surface area contributed by atoms with Crippen LogP contribution in [0.4, 0.5) is 4.39 Å². The molecule has 3 aromatic rings. The van der Waals surface area contributed by atoms with Crippen LogP contribution in [0.25, 0.3) is 22.0 Å². The number of rotatable bonds is 2. The Morgan fingerprint density at radius 1 is 1.23 bits per heavy atom. The van der Waals surface area contributed by atoms with Crippen LogP contribution in [0.1, 0.15) is 11.4 Å². The Labute approximate surface area is 135 Å². The van der Waals surface area contributed by atoms with Gasteiger partial charge in [0, 0.05) is 5.02 Å². The summed E-state index contributed by atoms with van der Waals surface area (Å²) in [6, 6.07) is 10.8. The van der Waals surface area contributed by atoms with Crippen LogP contribution in [0.15, 0.2) is 47.3 Å². The molecule has 0 bridgehead atoms. The molecule has 1 aromatic heterocycles. The molecule has 0 radical (unpaired) electrons. The second kappa shape index (κ2) is 5.91. The molecule has 0 atom stereocenters. The Balaban J connectivity index is 2.10. The number of nitrogens with one attached hydrogen (secondary N) is 1. The smallest absolute Gasteiger partial charge is 0.259 e. The quantitative estimate of drug-likeness (QED) is 0.752. The first-order chi connectivity index (χ1) is 10.5. The van der Waals surface area contributed by atoms with Gasteiger partial charge in [0.15, 0.2) is 5.82 Å². The van der Waals surface area contributed by atoms with Crippen LogP contribution in [0, 0.1) is 5.82 Å². The lowest BCUT2D eigenvalue weighted by molar-refractivity contribution is 0.627. The molecule has 3 nitrogen and oxygen atoms in total. The summed E-state index contributed by atoms with van der Waals surface area (Å²) in [6.45, 7) is 0. The molecule has 6 heteroatoms. The fourth-order valence-corrected chi connectivity index (χ4v) is 2.42. The summed E-state index contributed by atoms with van der Waals surface area (Å²) in [6.07, 6.45) is 1.53. The lowest BCUT2D eigenvalue weighted by Crippen LogP contribution is -2.10. The summed E-state index contributed by atoms with van der Waals surface area (Å²) in [5, 5.41) is 1.04. The predicted octanol–water partition coefficient (Wildman–Crippen LogP) is 4.45. The van der Waals surface area contributed by atoms with Crippen molar-refractivity contribution in [2.24, 2.45) is 0 Å². The minimum atomic E-state index is -0.368. The maximum Gasteiger partial charge on any atom is 0.259 e. The normalized spacial score (nSPS) is 11.9. The van der Waals surface area contributed by atoms with E-state index in [4.69, 9.17) is 23.2 Å². The summed E-state index contributed by atoms with van der Waals surface area (Å²) in [5.74, 6) is -0.154. The summed E-state index contributed by atoms with van der Waals surface area (Å²) < 4.78 is 13.2. The molecule has 0 amide bonds. The van der Waals surface area contributed by atoms with Gasteiger partial charge in [0.25, 0.3) is 5.56 Å². The molecule has 0 aliphatic rings. The highest BCUT2D eigenvalue weighted by Crippen LogP contribution is 2.21. The van der Waals surface area contributed by atoms with Crippen LogP contribution in [0.3, 0.4) is 0 Å². The third kappa shape index (κ3) is 3.03. The van der Waals surface area contributed by atoms with Crippen molar-refractivity contribution >= 4 is 45.2 Å². The van der Waals surface area contributed by atoms with Gasteiger partial charge in [-0.15, -0.1) is 0 Å². The first-order valence-corrected chi connectivity index (χ1v) is 7.11. The van der Waals surface area contributed by atoms with Crippen LogP contribution in [0.5, 0.6) is 0 Å². The van der Waals surface area contributed by atoms with Crippen molar-refractivity contribution < 1.29 is 4.39 Å². The molecule has 1 N–H and O–H groups in total. The van der Waals surface area contributed by atoms with Crippen molar-refractivity contribution in [2.75, 3.05) is 0 Å². The molecular formula is C16H9Cl2FN2O. The molecule has 2 aromatic carbocycles. The Morgan fingerprint density at radius 3 is 2.82 bits per heavy atom. The molecule has 0 saturated heterocycles. The number of nitrogens with zero attached hydrogens (tertiary/aromatic N) is 1. The van der Waals surface area contributed by atoms with Gasteiger partial charge >= 0.3 is 0 Å². The van der Waals surface area contributed by atoms with Crippen LogP contribution < -0.4 is 5.56 Å². The maximum atomic E-state index is 13.2. The molecule has 3 rings (SSSR count). The summed E-state index contributed by atoms with van der Waals surface area (Å²) in [4.78, 5) is 18.9. The number of hydrogen-bond acceptors (Lipinski definition) is 2. The number of aromatic nitrogens is 2. The van der Waals surface area contributed by atoms with Gasteiger partial charge in [-0.25, -0.2) is 9.37 Å². The van der Waals surface area contributed by atoms with E-state index in [0.717, 1.165) is 0 Å². The molecular weight excluding hydrogens is 326 g/mol. The highest BCUT2D eigenvalue weighted by atomic mass is 35.5. The Kier molecular flexibility index (Phi) is 3.96. The highest BCUT2D eigenvalue weighted by molar-refractivity contribution is 6.50. The van der Waals surface area contributed by atoms with Crippen molar-refractivity contribution in [1.29, 1.82) is 0 Å². The fraction of sp³-hybridized carbons (Fsp3) is 0. The first kappa shape index (κ1) is 14.8. The van der Waals surface area contributed by atoms with E-state index in [1.165, 1.54) is 24.3 Å². The average molecular weight is 335 g/mol. The van der Waals surface area contributed by atoms with E-state index in [1.54, 1.807) is 24.3 Å². The Bertz CT molecular complexity index is 950. The van der Waals surface area contributed by atoms with E-state index >= 15 is 0 Å². The molecule has 22 heavy (non-hydrogen) atoms. The van der Waals surface area contributed by atoms with Gasteiger partial charge in [0.1, 0.15) is 5.82 Å². The van der Waals surface area contributed by atoms with Gasteiger partial charge in [-0.2, -0.15) is 0 Å². The molecule has 0 unspecified atom stereocenters. The molecule has 0 saturated carbocycles. The monoisotopic (exact) mass is 334 g/mol. The largest absolute Gasteiger partial charge is 0.305 e. The van der Waals surface area contributed by atoms with Crippen LogP contribution in [-0.4, -0.2) is 9.97 Å². The van der Waals surface area contributed by atoms with E-state index in [1.807, 2.05) is 0 Å². The first-order valence-electron chi connectivity index (χ1n) is 6.36. The van der Waals surface area contributed by atoms with E-state index in [-0.39, 0.29) is 22.2 Å². The molecule has 110 valence electrons. The van der Waals surface area contributed by atoms with Gasteiger partial charge in [-0.3, -0.25) is 4.79 Å². The zero-order valence-corrected chi connectivity index (χ0v) is 12.6. The topological polar surface area (TPSA) is 45.8 Å². The lowest BCUT2D eigenvalue weighted by Gasteiger charge is -2.03. The fourth-order valence-electron chi connectivity index (χ4n) is 2.04. The van der Waals surface area contributed by atoms with Crippen molar-refractivity contribution in [3.63, 3.8) is 0 Å². The van der Waals surface area contributed by atoms with Crippen LogP contribution >= 0.6 is 23.2 Å². The number of fused-ring (bicyclic) bond motifs is 1. The van der Waals surface area contributed by atoms with Gasteiger partial charge in [0.2, 0.25) is 0 Å². The third-order valence-corrected chi connectivity index (χ3v) is 3.56. The molecule has 1 heterocycles. The summed E-state index contributed by atoms with van der Waals surface area (Å²) >= 11 is 12.0. The highest BCUT2D eigenvalue weighted by Gasteiger charge is 2.07. The van der Waals surface area contributed by atoms with Gasteiger partial charge < -0.3 is 4.98 Å². The molecule has 0 fully saturated rings. The maximum absolute atomic E-state index is 13.2. The average Bonchev–Trinajstić information content (AvgIpc) is 2.48. The zero-order valence-electron chi connectivity index (χ0n) is 11.1. The summed E-state index contributed by atoms with van der Waals surface area (Å²) in [7, 11) is 0. The van der Waals surface area contributed by atoms with Crippen molar-refractivity contribution in [2.45, 2.75) is 0 Å². The predicted molar refractivity (Wildman–Crippen MR) is 87.5 cm³/mol. The molecule has 0 spiro atoms. The van der Waals surface area contributed by atoms with E-state index in [2.05, 4.69) is 9.97 Å². The SMILES string of the molecule is O=c1[nH]c(/C(Cl)=C/c2cccc(F)c2)nc2ccc(Cl)cc12. The van der Waals surface area contributed by atoms with Crippen LogP contribution in [0.2, 0.25) is 5.02 Å². The van der Waals surface area contributed by atoms with Crippen molar-refractivity contribution in [3.8, 4) is 0 Å². The third-order valence-electron chi connectivity index (χ3n) is 3.04. The number of benzene rings is 2. The van der Waals surface area contributed by atoms with Gasteiger partial charge in [-0.05, 0) is 42.0 Å². The molecule has 0 aliphatic heterocycles. The standard InChI is InChI=1S/C16H9Cl2FN2O/c17-10-4-5-14-12(8-10)16(22)21-15(20-14)13(18)7-9-2-1-3-11(19)6-9/h1-8H,(H,20,21,22)/b13-7-. The van der Waals surface area contributed by atoms with Gasteiger partial charge in [0.05, 0.1) is 15.9 Å². The molecule has 0 aliphatic carbocycles. The minimum Gasteiger partial charge on any atom is -0.305 e. The number of halogens is 3. The van der Waals surface area contributed by atoms with Gasteiger partial charge in [-0.1, -0.05) is 35.3 Å². The number of H-pyrrole nitrogens is 1. The van der Waals surface area contributed by atoms with E-state index < -0.39 is 0 Å². The van der Waals surface area contributed by atoms with Crippen molar-refractivity contribution in [1.82, 2.24) is 9.97 Å². The van der Waals surface area contributed by atoms with E-state index in [0.29, 0.717) is 21.5 Å². The Hall–Kier alpha value is -2.17. The van der Waals surface area contributed by atoms with Crippen LogP contribution in [-0.2, 0) is 0 Å². The van der Waals surface area contributed by atoms with E-state index in [9.17, 15) is 9.18 Å². The second-order valence-corrected chi connectivity index (χ2v) is 5.47. The zero-order chi connectivity index (χ0) is 15.7. The number of aromatic amines is 1. The lowest BCUT2D eigenvalue weighted by atomic mass is 10.2. The summed E-state index contributed by atoms with van der Waals surface area (Å²) in [5.41, 5.74) is 0.714. The van der Waals surface area contributed by atoms with Crippen molar-refractivity contribution in [3.05, 3.63) is 75.0 Å². The minimum absolute atomic E-state index is 0.208. The Morgan fingerprint density at radius 2 is 2.05 bits per heavy atom.